The minimum atomic E-state index is -0.283. The van der Waals surface area contributed by atoms with E-state index >= 15 is 0 Å². The Morgan fingerprint density at radius 2 is 1.94 bits per heavy atom. The second-order valence-electron chi connectivity index (χ2n) is 8.71. The Kier molecular flexibility index (Phi) is 5.86. The average Bonchev–Trinajstić information content (AvgIpc) is 3.19. The van der Waals surface area contributed by atoms with Crippen LogP contribution in [-0.4, -0.2) is 16.8 Å². The highest BCUT2D eigenvalue weighted by molar-refractivity contribution is 9.10. The number of halogens is 2. The van der Waals surface area contributed by atoms with Crippen molar-refractivity contribution in [1.29, 1.82) is 0 Å². The van der Waals surface area contributed by atoms with Gasteiger partial charge in [0.05, 0.1) is 23.4 Å². The summed E-state index contributed by atoms with van der Waals surface area (Å²) >= 11 is 11.0. The summed E-state index contributed by atoms with van der Waals surface area (Å²) in [6.07, 6.45) is 3.41. The van der Waals surface area contributed by atoms with E-state index in [1.165, 1.54) is 24.0 Å². The van der Waals surface area contributed by atoms with Gasteiger partial charge < -0.3 is 9.84 Å². The van der Waals surface area contributed by atoms with E-state index in [4.69, 9.17) is 21.3 Å². The summed E-state index contributed by atoms with van der Waals surface area (Å²) in [7, 11) is 1.49. The molecule has 8 heteroatoms. The van der Waals surface area contributed by atoms with Crippen LogP contribution in [0.5, 0.6) is 11.5 Å². The zero-order valence-electron chi connectivity index (χ0n) is 19.2. The minimum Gasteiger partial charge on any atom is -0.504 e. The summed E-state index contributed by atoms with van der Waals surface area (Å²) in [5.41, 5.74) is 5.77. The van der Waals surface area contributed by atoms with Crippen molar-refractivity contribution >= 4 is 50.6 Å². The molecule has 0 radical (unpaired) electrons. The number of aromatic hydroxyl groups is 1. The number of nitrogens with zero attached hydrogens (tertiary/aromatic N) is 2. The van der Waals surface area contributed by atoms with E-state index in [1.807, 2.05) is 30.3 Å². The van der Waals surface area contributed by atoms with Crippen molar-refractivity contribution < 1.29 is 9.84 Å². The number of phenols is 1. The fourth-order valence-corrected chi connectivity index (χ4v) is 6.54. The van der Waals surface area contributed by atoms with Crippen LogP contribution in [0.4, 0.5) is 0 Å². The molecule has 0 spiro atoms. The third-order valence-electron chi connectivity index (χ3n) is 6.63. The molecule has 0 amide bonds. The van der Waals surface area contributed by atoms with E-state index in [-0.39, 0.29) is 17.4 Å². The normalized spacial score (nSPS) is 16.8. The summed E-state index contributed by atoms with van der Waals surface area (Å²) in [5, 5.41) is 11.3. The number of ether oxygens (including phenoxy) is 1. The molecule has 3 aromatic carbocycles. The third kappa shape index (κ3) is 3.82. The van der Waals surface area contributed by atoms with Gasteiger partial charge in [-0.25, -0.2) is 4.99 Å². The van der Waals surface area contributed by atoms with Gasteiger partial charge in [0.1, 0.15) is 0 Å². The van der Waals surface area contributed by atoms with Gasteiger partial charge in [0.25, 0.3) is 5.56 Å². The average molecular weight is 580 g/mol. The smallest absolute Gasteiger partial charge is 0.271 e. The molecule has 0 saturated heterocycles. The number of phenolic OH excluding ortho intramolecular Hbond substituents is 1. The Bertz CT molecular complexity index is 1740. The van der Waals surface area contributed by atoms with Crippen LogP contribution >= 0.6 is 38.9 Å². The summed E-state index contributed by atoms with van der Waals surface area (Å²) in [4.78, 5) is 19.5. The lowest BCUT2D eigenvalue weighted by Gasteiger charge is -2.30. The number of methoxy groups -OCH3 is 1. The van der Waals surface area contributed by atoms with Crippen molar-refractivity contribution in [2.75, 3.05) is 7.11 Å². The summed E-state index contributed by atoms with van der Waals surface area (Å²) in [6.45, 7) is 0. The van der Waals surface area contributed by atoms with Crippen LogP contribution in [0.1, 0.15) is 34.7 Å². The van der Waals surface area contributed by atoms with Crippen LogP contribution in [0.15, 0.2) is 80.5 Å². The van der Waals surface area contributed by atoms with E-state index in [0.29, 0.717) is 25.7 Å². The minimum absolute atomic E-state index is 0.0194. The Morgan fingerprint density at radius 1 is 1.17 bits per heavy atom. The summed E-state index contributed by atoms with van der Waals surface area (Å²) in [6, 6.07) is 19.2. The molecule has 1 aliphatic carbocycles. The van der Waals surface area contributed by atoms with Gasteiger partial charge in [-0.05, 0) is 59.9 Å². The number of allylic oxidation sites excluding steroid dienone is 1. The van der Waals surface area contributed by atoms with Crippen LogP contribution in [0.3, 0.4) is 0 Å². The molecule has 180 valence electrons. The van der Waals surface area contributed by atoms with Crippen molar-refractivity contribution in [1.82, 2.24) is 4.57 Å². The zero-order chi connectivity index (χ0) is 25.0. The van der Waals surface area contributed by atoms with Crippen LogP contribution in [0.2, 0.25) is 5.02 Å². The highest BCUT2D eigenvalue weighted by Gasteiger charge is 2.32. The van der Waals surface area contributed by atoms with Crippen LogP contribution in [0, 0.1) is 0 Å². The lowest BCUT2D eigenvalue weighted by Crippen LogP contribution is -2.38. The Labute approximate surface area is 224 Å². The molecule has 2 heterocycles. The van der Waals surface area contributed by atoms with E-state index < -0.39 is 0 Å². The molecule has 6 rings (SSSR count). The molecular formula is C28H20BrClN2O3S. The van der Waals surface area contributed by atoms with Gasteiger partial charge in [0.2, 0.25) is 0 Å². The number of thiazole rings is 1. The first-order chi connectivity index (χ1) is 17.4. The highest BCUT2D eigenvalue weighted by atomic mass is 79.9. The van der Waals surface area contributed by atoms with Gasteiger partial charge in [0.15, 0.2) is 16.3 Å². The van der Waals surface area contributed by atoms with Gasteiger partial charge in [-0.3, -0.25) is 9.36 Å². The third-order valence-corrected chi connectivity index (χ3v) is 8.33. The van der Waals surface area contributed by atoms with E-state index in [0.717, 1.165) is 39.7 Å². The summed E-state index contributed by atoms with van der Waals surface area (Å²) in [5.74, 6) is 0.309. The molecule has 4 aromatic rings. The maximum Gasteiger partial charge on any atom is 0.271 e. The first-order valence-corrected chi connectivity index (χ1v) is 13.4. The van der Waals surface area contributed by atoms with Gasteiger partial charge in [0, 0.05) is 20.6 Å². The Balaban J connectivity index is 1.62. The standard InChI is InChI=1S/C28H20BrClN2O3S/c1-35-22-14-18(29)12-17(26(22)33)13-23-27(34)32-25(16-6-9-19(30)10-7-16)21-11-8-15-4-2-3-5-20(15)24(21)31-28(32)36-23/h2-7,9-10,12-14,25,33H,8,11H2,1H3. The number of rotatable bonds is 3. The van der Waals surface area contributed by atoms with Crippen molar-refractivity contribution in [2.24, 2.45) is 4.99 Å². The van der Waals surface area contributed by atoms with Crippen molar-refractivity contribution in [2.45, 2.75) is 18.9 Å². The molecule has 1 aliphatic heterocycles. The maximum absolute atomic E-state index is 13.8. The molecule has 2 aliphatic rings. The fourth-order valence-electron chi connectivity index (χ4n) is 4.97. The maximum atomic E-state index is 13.8. The molecule has 0 fully saturated rings. The molecule has 36 heavy (non-hydrogen) atoms. The number of hydrogen-bond donors (Lipinski definition) is 1. The molecule has 1 aromatic heterocycles. The molecule has 1 atom stereocenters. The van der Waals surface area contributed by atoms with Crippen molar-refractivity contribution in [3.63, 3.8) is 0 Å². The zero-order valence-corrected chi connectivity index (χ0v) is 22.3. The topological polar surface area (TPSA) is 63.8 Å². The number of benzene rings is 3. The summed E-state index contributed by atoms with van der Waals surface area (Å²) < 4.78 is 8.28. The number of aryl methyl sites for hydroxylation is 1. The molecule has 5 nitrogen and oxygen atoms in total. The predicted octanol–water partition coefficient (Wildman–Crippen LogP) is 5.45. The number of hydrogen-bond acceptors (Lipinski definition) is 5. The number of aromatic nitrogens is 1. The van der Waals surface area contributed by atoms with Gasteiger partial charge in [-0.2, -0.15) is 0 Å². The fraction of sp³-hybridized carbons (Fsp3) is 0.143. The van der Waals surface area contributed by atoms with Crippen LogP contribution in [0.25, 0.3) is 11.8 Å². The molecule has 1 unspecified atom stereocenters. The first-order valence-electron chi connectivity index (χ1n) is 11.4. The lowest BCUT2D eigenvalue weighted by atomic mass is 9.83. The molecule has 1 N–H and O–H groups in total. The van der Waals surface area contributed by atoms with Gasteiger partial charge >= 0.3 is 0 Å². The SMILES string of the molecule is COc1cc(Br)cc(C=c2sc3n(c2=O)C(c2ccc(Cl)cc2)C2=C(N=3)c3ccccc3CC2)c1O. The van der Waals surface area contributed by atoms with Gasteiger partial charge in [-0.1, -0.05) is 75.3 Å². The Morgan fingerprint density at radius 3 is 2.72 bits per heavy atom. The van der Waals surface area contributed by atoms with E-state index in [9.17, 15) is 9.90 Å². The Hall–Kier alpha value is -3.13. The van der Waals surface area contributed by atoms with E-state index in [1.54, 1.807) is 22.8 Å². The largest absolute Gasteiger partial charge is 0.504 e. The lowest BCUT2D eigenvalue weighted by molar-refractivity contribution is 0.372. The second-order valence-corrected chi connectivity index (χ2v) is 11.1. The first kappa shape index (κ1) is 23.3. The monoisotopic (exact) mass is 578 g/mol. The highest BCUT2D eigenvalue weighted by Crippen LogP contribution is 2.41. The molecule has 0 saturated carbocycles. The van der Waals surface area contributed by atoms with E-state index in [2.05, 4.69) is 34.1 Å². The predicted molar refractivity (Wildman–Crippen MR) is 147 cm³/mol. The van der Waals surface area contributed by atoms with Crippen LogP contribution < -0.4 is 19.6 Å². The number of fused-ring (bicyclic) bond motifs is 3. The van der Waals surface area contributed by atoms with Gasteiger partial charge in [-0.15, -0.1) is 0 Å². The van der Waals surface area contributed by atoms with Crippen molar-refractivity contribution in [3.8, 4) is 11.5 Å². The second kappa shape index (κ2) is 9.07. The molecule has 0 bridgehead atoms. The van der Waals surface area contributed by atoms with Crippen LogP contribution in [-0.2, 0) is 6.42 Å². The quantitative estimate of drug-likeness (QED) is 0.351. The van der Waals surface area contributed by atoms with Crippen molar-refractivity contribution in [3.05, 3.63) is 118 Å². The molecular weight excluding hydrogens is 560 g/mol.